The van der Waals surface area contributed by atoms with Crippen molar-refractivity contribution in [3.63, 3.8) is 0 Å². The van der Waals surface area contributed by atoms with Crippen molar-refractivity contribution in [2.45, 2.75) is 6.92 Å². The summed E-state index contributed by atoms with van der Waals surface area (Å²) in [6.07, 6.45) is 1.48. The molecule has 0 atom stereocenters. The first kappa shape index (κ1) is 16.7. The van der Waals surface area contributed by atoms with Crippen LogP contribution in [0.15, 0.2) is 53.9 Å². The van der Waals surface area contributed by atoms with Crippen LogP contribution in [0.2, 0.25) is 0 Å². The lowest BCUT2D eigenvalue weighted by atomic mass is 10.1. The molecule has 1 aliphatic rings. The number of tetrazole rings is 1. The Morgan fingerprint density at radius 1 is 1.07 bits per heavy atom. The van der Waals surface area contributed by atoms with E-state index in [0.29, 0.717) is 36.0 Å². The number of nitrogens with one attached hydrogen (secondary N) is 1. The van der Waals surface area contributed by atoms with Crippen molar-refractivity contribution in [3.05, 3.63) is 59.9 Å². The Kier molecular flexibility index (Phi) is 4.48. The first-order valence-corrected chi connectivity index (χ1v) is 8.29. The van der Waals surface area contributed by atoms with Crippen LogP contribution in [-0.2, 0) is 0 Å². The van der Waals surface area contributed by atoms with Gasteiger partial charge in [0.15, 0.2) is 11.5 Å². The van der Waals surface area contributed by atoms with Crippen LogP contribution >= 0.6 is 0 Å². The Hall–Kier alpha value is -3.75. The monoisotopic (exact) mass is 364 g/mol. The van der Waals surface area contributed by atoms with Gasteiger partial charge in [0.05, 0.1) is 11.4 Å². The molecule has 0 unspecified atom stereocenters. The quantitative estimate of drug-likeness (QED) is 0.557. The number of carbonyl (C=O) groups is 1. The van der Waals surface area contributed by atoms with Crippen LogP contribution in [0.3, 0.4) is 0 Å². The molecule has 27 heavy (non-hydrogen) atoms. The molecule has 0 bridgehead atoms. The molecule has 1 aliphatic heterocycles. The van der Waals surface area contributed by atoms with Crippen molar-refractivity contribution in [2.75, 3.05) is 13.2 Å². The number of fused-ring (bicyclic) bond motifs is 1. The second kappa shape index (κ2) is 7.24. The maximum Gasteiger partial charge on any atom is 0.271 e. The van der Waals surface area contributed by atoms with Gasteiger partial charge in [0, 0.05) is 11.1 Å². The highest BCUT2D eigenvalue weighted by Gasteiger charge is 2.13. The predicted octanol–water partition coefficient (Wildman–Crippen LogP) is 1.59. The molecular weight excluding hydrogens is 348 g/mol. The molecule has 2 heterocycles. The number of benzene rings is 2. The molecule has 9 nitrogen and oxygen atoms in total. The van der Waals surface area contributed by atoms with Crippen LogP contribution in [0.5, 0.6) is 11.5 Å². The standard InChI is InChI=1S/C18H16N6O3/c1-12(14-4-7-16-17(10-14)27-9-8-26-16)20-21-18(25)13-2-5-15(6-3-13)24-11-19-22-23-24/h2-7,10-11H,8-9H2,1H3,(H,21,25)/b20-12+. The van der Waals surface area contributed by atoms with E-state index in [-0.39, 0.29) is 5.91 Å². The zero-order valence-electron chi connectivity index (χ0n) is 14.5. The van der Waals surface area contributed by atoms with Gasteiger partial charge in [-0.25, -0.2) is 10.1 Å². The van der Waals surface area contributed by atoms with Crippen molar-refractivity contribution in [1.82, 2.24) is 25.6 Å². The Bertz CT molecular complexity index is 983. The molecule has 9 heteroatoms. The van der Waals surface area contributed by atoms with Gasteiger partial charge in [0.1, 0.15) is 19.5 Å². The second-order valence-corrected chi connectivity index (χ2v) is 5.80. The summed E-state index contributed by atoms with van der Waals surface area (Å²) in [6.45, 7) is 2.87. The fourth-order valence-corrected chi connectivity index (χ4v) is 2.58. The largest absolute Gasteiger partial charge is 0.486 e. The maximum absolute atomic E-state index is 12.3. The van der Waals surface area contributed by atoms with Gasteiger partial charge in [-0.3, -0.25) is 4.79 Å². The van der Waals surface area contributed by atoms with Gasteiger partial charge in [-0.1, -0.05) is 0 Å². The SMILES string of the molecule is C/C(=N\NC(=O)c1ccc(-n2cnnn2)cc1)c1ccc2c(c1)OCCO2. The van der Waals surface area contributed by atoms with Crippen LogP contribution in [0.4, 0.5) is 0 Å². The van der Waals surface area contributed by atoms with E-state index in [4.69, 9.17) is 9.47 Å². The minimum absolute atomic E-state index is 0.310. The summed E-state index contributed by atoms with van der Waals surface area (Å²) in [5.41, 5.74) is 5.29. The summed E-state index contributed by atoms with van der Waals surface area (Å²) in [5, 5.41) is 15.1. The van der Waals surface area contributed by atoms with E-state index < -0.39 is 0 Å². The van der Waals surface area contributed by atoms with E-state index in [1.807, 2.05) is 25.1 Å². The Balaban J connectivity index is 1.44. The summed E-state index contributed by atoms with van der Waals surface area (Å²) in [7, 11) is 0. The van der Waals surface area contributed by atoms with Gasteiger partial charge in [0.2, 0.25) is 0 Å². The highest BCUT2D eigenvalue weighted by Crippen LogP contribution is 2.30. The molecule has 0 aliphatic carbocycles. The lowest BCUT2D eigenvalue weighted by molar-refractivity contribution is 0.0955. The molecule has 1 N–H and O–H groups in total. The maximum atomic E-state index is 12.3. The lowest BCUT2D eigenvalue weighted by Crippen LogP contribution is -2.19. The third-order valence-corrected chi connectivity index (χ3v) is 4.03. The molecule has 0 saturated carbocycles. The van der Waals surface area contributed by atoms with E-state index in [1.54, 1.807) is 24.3 Å². The average molecular weight is 364 g/mol. The molecule has 0 radical (unpaired) electrons. The highest BCUT2D eigenvalue weighted by atomic mass is 16.6. The summed E-state index contributed by atoms with van der Waals surface area (Å²) in [4.78, 5) is 12.3. The topological polar surface area (TPSA) is 104 Å². The van der Waals surface area contributed by atoms with E-state index in [2.05, 4.69) is 26.1 Å². The number of amides is 1. The van der Waals surface area contributed by atoms with Gasteiger partial charge in [0.25, 0.3) is 5.91 Å². The summed E-state index contributed by atoms with van der Waals surface area (Å²) in [6, 6.07) is 12.4. The molecule has 3 aromatic rings. The summed E-state index contributed by atoms with van der Waals surface area (Å²) < 4.78 is 12.6. The molecule has 1 aromatic heterocycles. The zero-order valence-corrected chi connectivity index (χ0v) is 14.5. The number of carbonyl (C=O) groups excluding carboxylic acids is 1. The average Bonchev–Trinajstić information content (AvgIpc) is 3.26. The number of hydrazone groups is 1. The molecule has 1 amide bonds. The molecule has 0 fully saturated rings. The highest BCUT2D eigenvalue weighted by molar-refractivity contribution is 6.01. The lowest BCUT2D eigenvalue weighted by Gasteiger charge is -2.18. The predicted molar refractivity (Wildman–Crippen MR) is 96.3 cm³/mol. The summed E-state index contributed by atoms with van der Waals surface area (Å²) in [5.74, 6) is 1.08. The summed E-state index contributed by atoms with van der Waals surface area (Å²) >= 11 is 0. The first-order valence-electron chi connectivity index (χ1n) is 8.29. The Labute approximate surface area is 154 Å². The van der Waals surface area contributed by atoms with Crippen molar-refractivity contribution in [1.29, 1.82) is 0 Å². The van der Waals surface area contributed by atoms with E-state index in [0.717, 1.165) is 11.3 Å². The van der Waals surface area contributed by atoms with Crippen molar-refractivity contribution in [3.8, 4) is 17.2 Å². The molecular formula is C18H16N6O3. The number of ether oxygens (including phenoxy) is 2. The van der Waals surface area contributed by atoms with E-state index in [1.165, 1.54) is 11.0 Å². The van der Waals surface area contributed by atoms with Crippen molar-refractivity contribution in [2.24, 2.45) is 5.10 Å². The molecule has 0 saturated heterocycles. The smallest absolute Gasteiger partial charge is 0.271 e. The molecule has 4 rings (SSSR count). The third-order valence-electron chi connectivity index (χ3n) is 4.03. The van der Waals surface area contributed by atoms with Crippen LogP contribution in [-0.4, -0.2) is 45.0 Å². The first-order chi connectivity index (χ1) is 13.2. The van der Waals surface area contributed by atoms with Gasteiger partial charge in [-0.2, -0.15) is 5.10 Å². The van der Waals surface area contributed by atoms with Crippen molar-refractivity contribution < 1.29 is 14.3 Å². The Morgan fingerprint density at radius 3 is 2.56 bits per heavy atom. The normalized spacial score (nSPS) is 13.3. The number of nitrogens with zero attached hydrogens (tertiary/aromatic N) is 5. The van der Waals surface area contributed by atoms with Gasteiger partial charge < -0.3 is 9.47 Å². The van der Waals surface area contributed by atoms with E-state index >= 15 is 0 Å². The van der Waals surface area contributed by atoms with Gasteiger partial charge in [-0.15, -0.1) is 5.10 Å². The molecule has 2 aromatic carbocycles. The fourth-order valence-electron chi connectivity index (χ4n) is 2.58. The fraction of sp³-hybridized carbons (Fsp3) is 0.167. The number of hydrogen-bond acceptors (Lipinski definition) is 7. The van der Waals surface area contributed by atoms with Gasteiger partial charge in [-0.05, 0) is 59.8 Å². The number of rotatable bonds is 4. The van der Waals surface area contributed by atoms with Crippen LogP contribution in [0, 0.1) is 0 Å². The van der Waals surface area contributed by atoms with Gasteiger partial charge >= 0.3 is 0 Å². The zero-order chi connectivity index (χ0) is 18.6. The Morgan fingerprint density at radius 2 is 1.81 bits per heavy atom. The minimum atomic E-state index is -0.310. The molecule has 0 spiro atoms. The minimum Gasteiger partial charge on any atom is -0.486 e. The number of aromatic nitrogens is 4. The van der Waals surface area contributed by atoms with Crippen molar-refractivity contribution >= 4 is 11.6 Å². The van der Waals surface area contributed by atoms with Crippen LogP contribution < -0.4 is 14.9 Å². The van der Waals surface area contributed by atoms with Crippen LogP contribution in [0.1, 0.15) is 22.8 Å². The second-order valence-electron chi connectivity index (χ2n) is 5.80. The van der Waals surface area contributed by atoms with Crippen LogP contribution in [0.25, 0.3) is 5.69 Å². The van der Waals surface area contributed by atoms with E-state index in [9.17, 15) is 4.79 Å². The number of hydrogen-bond donors (Lipinski definition) is 1. The third kappa shape index (κ3) is 3.61. The molecule has 136 valence electrons.